The van der Waals surface area contributed by atoms with Crippen LogP contribution in [0, 0.1) is 0 Å². The molecule has 0 saturated carbocycles. The van der Waals surface area contributed by atoms with Crippen LogP contribution in [0.1, 0.15) is 16.3 Å². The van der Waals surface area contributed by atoms with Gasteiger partial charge in [-0.3, -0.25) is 9.78 Å². The maximum absolute atomic E-state index is 12.3. The molecule has 6 heteroatoms. The molecule has 0 unspecified atom stereocenters. The minimum absolute atomic E-state index is 0.152. The van der Waals surface area contributed by atoms with Crippen LogP contribution in [0.4, 0.5) is 5.69 Å². The fourth-order valence-electron chi connectivity index (χ4n) is 1.57. The highest BCUT2D eigenvalue weighted by Gasteiger charge is 2.18. The molecule has 1 amide bonds. The van der Waals surface area contributed by atoms with Crippen molar-refractivity contribution in [2.75, 3.05) is 11.9 Å². The van der Waals surface area contributed by atoms with Crippen LogP contribution in [-0.4, -0.2) is 32.9 Å². The third kappa shape index (κ3) is 2.14. The minimum Gasteiger partial charge on any atom is -0.323 e. The summed E-state index contributed by atoms with van der Waals surface area (Å²) < 4.78 is 1.67. The van der Waals surface area contributed by atoms with Gasteiger partial charge in [0.05, 0.1) is 18.1 Å². The van der Waals surface area contributed by atoms with Crippen molar-refractivity contribution in [2.24, 2.45) is 7.05 Å². The number of amides is 1. The minimum atomic E-state index is -0.152. The number of pyridine rings is 1. The van der Waals surface area contributed by atoms with Crippen LogP contribution in [0.5, 0.6) is 0 Å². The van der Waals surface area contributed by atoms with E-state index in [0.29, 0.717) is 11.5 Å². The molecule has 2 aromatic heterocycles. The molecule has 0 bridgehead atoms. The van der Waals surface area contributed by atoms with E-state index in [1.54, 1.807) is 37.1 Å². The van der Waals surface area contributed by atoms with Crippen molar-refractivity contribution in [3.05, 3.63) is 42.2 Å². The predicted octanol–water partition coefficient (Wildman–Crippen LogP) is 1.44. The fourth-order valence-corrected chi connectivity index (χ4v) is 1.79. The molecule has 0 radical (unpaired) electrons. The molecule has 0 fully saturated rings. The van der Waals surface area contributed by atoms with Crippen molar-refractivity contribution in [1.82, 2.24) is 14.5 Å². The van der Waals surface area contributed by atoms with E-state index in [4.69, 9.17) is 12.2 Å². The van der Waals surface area contributed by atoms with Crippen LogP contribution in [0.25, 0.3) is 0 Å². The Kier molecular flexibility index (Phi) is 3.47. The Morgan fingerprint density at radius 3 is 2.83 bits per heavy atom. The summed E-state index contributed by atoms with van der Waals surface area (Å²) in [5, 5.41) is 1.45. The van der Waals surface area contributed by atoms with Gasteiger partial charge in [-0.25, -0.2) is 4.98 Å². The van der Waals surface area contributed by atoms with Crippen LogP contribution in [0.2, 0.25) is 0 Å². The third-order valence-corrected chi connectivity index (χ3v) is 2.90. The second kappa shape index (κ2) is 5.05. The number of rotatable bonds is 3. The van der Waals surface area contributed by atoms with Crippen molar-refractivity contribution in [2.45, 2.75) is 0 Å². The lowest BCUT2D eigenvalue weighted by Gasteiger charge is -2.16. The van der Waals surface area contributed by atoms with Crippen molar-refractivity contribution in [3.63, 3.8) is 0 Å². The molecule has 2 rings (SSSR count). The molecular weight excluding hydrogens is 248 g/mol. The highest BCUT2D eigenvalue weighted by molar-refractivity contribution is 7.79. The van der Waals surface area contributed by atoms with Gasteiger partial charge in [0.15, 0.2) is 0 Å². The van der Waals surface area contributed by atoms with Gasteiger partial charge in [-0.05, 0) is 12.1 Å². The number of carbonyl (C=O) groups is 1. The Labute approximate surface area is 110 Å². The lowest BCUT2D eigenvalue weighted by Crippen LogP contribution is -2.28. The van der Waals surface area contributed by atoms with Crippen molar-refractivity contribution in [1.29, 1.82) is 0 Å². The van der Waals surface area contributed by atoms with E-state index in [1.807, 2.05) is 6.07 Å². The molecule has 0 aliphatic heterocycles. The van der Waals surface area contributed by atoms with E-state index in [2.05, 4.69) is 9.97 Å². The summed E-state index contributed by atoms with van der Waals surface area (Å²) in [6, 6.07) is 3.60. The van der Waals surface area contributed by atoms with Gasteiger partial charge in [0.25, 0.3) is 5.91 Å². The third-order valence-electron chi connectivity index (χ3n) is 2.69. The monoisotopic (exact) mass is 260 g/mol. The zero-order chi connectivity index (χ0) is 13.1. The molecule has 0 saturated heterocycles. The average molecular weight is 260 g/mol. The van der Waals surface area contributed by atoms with Crippen LogP contribution >= 0.6 is 12.2 Å². The first-order valence-corrected chi connectivity index (χ1v) is 5.77. The molecule has 92 valence electrons. The SMILES string of the molecule is CN(C(=O)c1cnc(C=S)n1C)c1cccnc1. The van der Waals surface area contributed by atoms with Gasteiger partial charge >= 0.3 is 0 Å². The van der Waals surface area contributed by atoms with Gasteiger partial charge in [0, 0.05) is 25.7 Å². The number of thiocarbonyl (C=S) groups is 1. The lowest BCUT2D eigenvalue weighted by molar-refractivity contribution is 0.0985. The average Bonchev–Trinajstić information content (AvgIpc) is 2.79. The smallest absolute Gasteiger partial charge is 0.276 e. The Hall–Kier alpha value is -2.08. The lowest BCUT2D eigenvalue weighted by atomic mass is 10.3. The summed E-state index contributed by atoms with van der Waals surface area (Å²) in [6.07, 6.45) is 4.82. The highest BCUT2D eigenvalue weighted by Crippen LogP contribution is 2.13. The van der Waals surface area contributed by atoms with E-state index >= 15 is 0 Å². The maximum Gasteiger partial charge on any atom is 0.276 e. The predicted molar refractivity (Wildman–Crippen MR) is 72.9 cm³/mol. The molecule has 2 aromatic rings. The van der Waals surface area contributed by atoms with Gasteiger partial charge in [-0.2, -0.15) is 0 Å². The second-order valence-corrected chi connectivity index (χ2v) is 3.99. The van der Waals surface area contributed by atoms with E-state index in [9.17, 15) is 4.79 Å². The van der Waals surface area contributed by atoms with Gasteiger partial charge < -0.3 is 9.47 Å². The number of hydrogen-bond donors (Lipinski definition) is 0. The van der Waals surface area contributed by atoms with E-state index in [-0.39, 0.29) is 5.91 Å². The molecule has 0 spiro atoms. The Bertz CT molecular complexity index is 579. The molecule has 18 heavy (non-hydrogen) atoms. The standard InChI is InChI=1S/C12H12N4OS/c1-15(9-4-3-5-13-6-9)12(17)10-7-14-11(8-18)16(10)2/h3-8H,1-2H3. The second-order valence-electron chi connectivity index (χ2n) is 3.75. The van der Waals surface area contributed by atoms with E-state index in [1.165, 1.54) is 16.5 Å². The molecule has 0 atom stereocenters. The van der Waals surface area contributed by atoms with Gasteiger partial charge in [-0.1, -0.05) is 12.2 Å². The Morgan fingerprint density at radius 1 is 1.50 bits per heavy atom. The van der Waals surface area contributed by atoms with E-state index < -0.39 is 0 Å². The molecule has 0 aliphatic rings. The number of anilines is 1. The highest BCUT2D eigenvalue weighted by atomic mass is 32.1. The number of hydrogen-bond acceptors (Lipinski definition) is 4. The summed E-state index contributed by atoms with van der Waals surface area (Å²) in [4.78, 5) is 21.9. The zero-order valence-electron chi connectivity index (χ0n) is 10.1. The van der Waals surface area contributed by atoms with Crippen LogP contribution in [0.15, 0.2) is 30.7 Å². The Balaban J connectivity index is 2.31. The largest absolute Gasteiger partial charge is 0.323 e. The number of nitrogens with zero attached hydrogens (tertiary/aromatic N) is 4. The molecule has 5 nitrogen and oxygen atoms in total. The van der Waals surface area contributed by atoms with Crippen LogP contribution in [0.3, 0.4) is 0 Å². The van der Waals surface area contributed by atoms with Gasteiger partial charge in [-0.15, -0.1) is 0 Å². The zero-order valence-corrected chi connectivity index (χ0v) is 10.9. The first-order chi connectivity index (χ1) is 8.65. The van der Waals surface area contributed by atoms with Crippen molar-refractivity contribution in [3.8, 4) is 0 Å². The summed E-state index contributed by atoms with van der Waals surface area (Å²) in [5.74, 6) is 0.439. The fraction of sp³-hybridized carbons (Fsp3) is 0.167. The summed E-state index contributed by atoms with van der Waals surface area (Å²) >= 11 is 4.82. The maximum atomic E-state index is 12.3. The van der Waals surface area contributed by atoms with E-state index in [0.717, 1.165) is 5.69 Å². The Morgan fingerprint density at radius 2 is 2.28 bits per heavy atom. The molecule has 2 heterocycles. The van der Waals surface area contributed by atoms with Crippen LogP contribution in [-0.2, 0) is 7.05 Å². The van der Waals surface area contributed by atoms with Crippen molar-refractivity contribution >= 4 is 29.2 Å². The summed E-state index contributed by atoms with van der Waals surface area (Å²) in [7, 11) is 3.46. The topological polar surface area (TPSA) is 51.0 Å². The van der Waals surface area contributed by atoms with Crippen molar-refractivity contribution < 1.29 is 4.79 Å². The van der Waals surface area contributed by atoms with Gasteiger partial charge in [0.1, 0.15) is 11.5 Å². The first kappa shape index (κ1) is 12.4. The molecule has 0 aliphatic carbocycles. The summed E-state index contributed by atoms with van der Waals surface area (Å²) in [5.41, 5.74) is 1.21. The van der Waals surface area contributed by atoms with Crippen LogP contribution < -0.4 is 4.90 Å². The normalized spacial score (nSPS) is 10.1. The van der Waals surface area contributed by atoms with Gasteiger partial charge in [0.2, 0.25) is 0 Å². The summed E-state index contributed by atoms with van der Waals surface area (Å²) in [6.45, 7) is 0. The molecule has 0 N–H and O–H groups in total. The quantitative estimate of drug-likeness (QED) is 0.784. The molecule has 0 aromatic carbocycles. The number of carbonyl (C=O) groups excluding carboxylic acids is 1. The number of imidazole rings is 1. The molecular formula is C12H12N4OS. The first-order valence-electron chi connectivity index (χ1n) is 5.30. The number of aromatic nitrogens is 3.